The number of ether oxygens (including phenoxy) is 1. The number of rotatable bonds is 3. The second-order valence-corrected chi connectivity index (χ2v) is 5.16. The van der Waals surface area contributed by atoms with E-state index in [2.05, 4.69) is 20.9 Å². The van der Waals surface area contributed by atoms with Crippen molar-refractivity contribution in [1.82, 2.24) is 4.98 Å². The lowest BCUT2D eigenvalue weighted by atomic mass is 10.3. The summed E-state index contributed by atoms with van der Waals surface area (Å²) in [7, 11) is 0. The molecule has 0 saturated carbocycles. The maximum Gasteiger partial charge on any atom is 0.335 e. The number of halogens is 3. The van der Waals surface area contributed by atoms with Crippen LogP contribution >= 0.6 is 39.1 Å². The molecule has 1 heterocycles. The Bertz CT molecular complexity index is 649. The predicted molar refractivity (Wildman–Crippen MR) is 75.4 cm³/mol. The number of pyridine rings is 1. The van der Waals surface area contributed by atoms with Gasteiger partial charge in [0.2, 0.25) is 5.88 Å². The van der Waals surface area contributed by atoms with Crippen LogP contribution in [0.1, 0.15) is 10.4 Å². The van der Waals surface area contributed by atoms with Crippen molar-refractivity contribution >= 4 is 45.1 Å². The second kappa shape index (κ2) is 5.77. The summed E-state index contributed by atoms with van der Waals surface area (Å²) in [5, 5.41) is 9.63. The largest absolute Gasteiger partial charge is 0.478 e. The van der Waals surface area contributed by atoms with Crippen LogP contribution in [0.25, 0.3) is 0 Å². The van der Waals surface area contributed by atoms with Crippen molar-refractivity contribution in [3.05, 3.63) is 50.5 Å². The summed E-state index contributed by atoms with van der Waals surface area (Å²) in [5.74, 6) is -0.641. The molecule has 0 saturated heterocycles. The SMILES string of the molecule is O=C(O)c1ccnc(Oc2cc(Cl)c(Br)cc2Cl)c1. The Morgan fingerprint density at radius 1 is 1.26 bits per heavy atom. The first-order chi connectivity index (χ1) is 8.97. The summed E-state index contributed by atoms with van der Waals surface area (Å²) >= 11 is 15.2. The van der Waals surface area contributed by atoms with E-state index < -0.39 is 5.97 Å². The van der Waals surface area contributed by atoms with E-state index >= 15 is 0 Å². The van der Waals surface area contributed by atoms with Gasteiger partial charge in [0.1, 0.15) is 5.75 Å². The zero-order chi connectivity index (χ0) is 14.0. The lowest BCUT2D eigenvalue weighted by Crippen LogP contribution is -1.97. The van der Waals surface area contributed by atoms with Gasteiger partial charge in [-0.15, -0.1) is 0 Å². The fourth-order valence-electron chi connectivity index (χ4n) is 1.29. The average Bonchev–Trinajstić information content (AvgIpc) is 2.36. The highest BCUT2D eigenvalue weighted by molar-refractivity contribution is 9.10. The van der Waals surface area contributed by atoms with Gasteiger partial charge < -0.3 is 9.84 Å². The van der Waals surface area contributed by atoms with Crippen LogP contribution in [0.4, 0.5) is 0 Å². The highest BCUT2D eigenvalue weighted by Crippen LogP contribution is 2.36. The number of nitrogens with zero attached hydrogens (tertiary/aromatic N) is 1. The molecule has 0 bridgehead atoms. The number of hydrogen-bond acceptors (Lipinski definition) is 3. The van der Waals surface area contributed by atoms with Gasteiger partial charge in [-0.1, -0.05) is 23.2 Å². The molecule has 0 amide bonds. The zero-order valence-electron chi connectivity index (χ0n) is 9.23. The molecule has 0 aliphatic rings. The summed E-state index contributed by atoms with van der Waals surface area (Å²) in [6.45, 7) is 0. The molecular weight excluding hydrogens is 357 g/mol. The summed E-state index contributed by atoms with van der Waals surface area (Å²) in [6, 6.07) is 5.77. The molecule has 0 radical (unpaired) electrons. The molecule has 2 rings (SSSR count). The third-order valence-electron chi connectivity index (χ3n) is 2.17. The molecule has 4 nitrogen and oxygen atoms in total. The Labute approximate surface area is 127 Å². The molecule has 0 atom stereocenters. The molecule has 1 aromatic carbocycles. The normalized spacial score (nSPS) is 10.3. The van der Waals surface area contributed by atoms with Crippen molar-refractivity contribution in [2.24, 2.45) is 0 Å². The Morgan fingerprint density at radius 3 is 2.68 bits per heavy atom. The fourth-order valence-corrected chi connectivity index (χ4v) is 2.12. The third kappa shape index (κ3) is 3.37. The second-order valence-electron chi connectivity index (χ2n) is 3.49. The Morgan fingerprint density at radius 2 is 2.00 bits per heavy atom. The summed E-state index contributed by atoms with van der Waals surface area (Å²) < 4.78 is 6.06. The van der Waals surface area contributed by atoms with Crippen molar-refractivity contribution < 1.29 is 14.6 Å². The molecule has 2 aromatic rings. The van der Waals surface area contributed by atoms with E-state index in [1.165, 1.54) is 24.4 Å². The maximum atomic E-state index is 10.8. The van der Waals surface area contributed by atoms with Gasteiger partial charge in [0, 0.05) is 22.8 Å². The highest BCUT2D eigenvalue weighted by atomic mass is 79.9. The van der Waals surface area contributed by atoms with Gasteiger partial charge in [-0.2, -0.15) is 0 Å². The van der Waals surface area contributed by atoms with Crippen molar-refractivity contribution in [3.63, 3.8) is 0 Å². The predicted octanol–water partition coefficient (Wildman–Crippen LogP) is 4.64. The minimum absolute atomic E-state index is 0.0735. The molecule has 0 fully saturated rings. The summed E-state index contributed by atoms with van der Waals surface area (Å²) in [6.07, 6.45) is 1.34. The lowest BCUT2D eigenvalue weighted by molar-refractivity contribution is 0.0696. The molecule has 0 aliphatic heterocycles. The number of aromatic carboxylic acids is 1. The minimum Gasteiger partial charge on any atom is -0.478 e. The molecule has 0 aliphatic carbocycles. The van der Waals surface area contributed by atoms with Crippen LogP contribution < -0.4 is 4.74 Å². The molecule has 1 N–H and O–H groups in total. The van der Waals surface area contributed by atoms with Crippen LogP contribution in [0.3, 0.4) is 0 Å². The van der Waals surface area contributed by atoms with E-state index in [4.69, 9.17) is 33.0 Å². The minimum atomic E-state index is -1.06. The van der Waals surface area contributed by atoms with Gasteiger partial charge in [0.25, 0.3) is 0 Å². The monoisotopic (exact) mass is 361 g/mol. The number of carboxylic acids is 1. The molecular formula is C12H6BrCl2NO3. The number of aromatic nitrogens is 1. The van der Waals surface area contributed by atoms with E-state index in [1.54, 1.807) is 6.07 Å². The van der Waals surface area contributed by atoms with Gasteiger partial charge in [0.15, 0.2) is 0 Å². The van der Waals surface area contributed by atoms with Crippen LogP contribution in [0.15, 0.2) is 34.9 Å². The standard InChI is InChI=1S/C12H6BrCl2NO3/c13-7-4-9(15)10(5-8(7)14)19-11-3-6(12(17)18)1-2-16-11/h1-5H,(H,17,18). The van der Waals surface area contributed by atoms with Crippen LogP contribution in [-0.2, 0) is 0 Å². The van der Waals surface area contributed by atoms with Gasteiger partial charge in [-0.3, -0.25) is 0 Å². The summed E-state index contributed by atoms with van der Waals surface area (Å²) in [4.78, 5) is 14.7. The Hall–Kier alpha value is -1.30. The number of benzene rings is 1. The lowest BCUT2D eigenvalue weighted by Gasteiger charge is -2.08. The van der Waals surface area contributed by atoms with E-state index in [0.29, 0.717) is 20.3 Å². The molecule has 0 unspecified atom stereocenters. The number of carbonyl (C=O) groups is 1. The fraction of sp³-hybridized carbons (Fsp3) is 0. The highest BCUT2D eigenvalue weighted by Gasteiger charge is 2.10. The van der Waals surface area contributed by atoms with E-state index in [0.717, 1.165) is 0 Å². The zero-order valence-corrected chi connectivity index (χ0v) is 12.3. The molecule has 7 heteroatoms. The average molecular weight is 363 g/mol. The first-order valence-electron chi connectivity index (χ1n) is 4.99. The van der Waals surface area contributed by atoms with Crippen molar-refractivity contribution in [1.29, 1.82) is 0 Å². The van der Waals surface area contributed by atoms with Crippen LogP contribution in [-0.4, -0.2) is 16.1 Å². The summed E-state index contributed by atoms with van der Waals surface area (Å²) in [5.41, 5.74) is 0.0735. The first-order valence-corrected chi connectivity index (χ1v) is 6.54. The number of carboxylic acid groups (broad SMARTS) is 1. The van der Waals surface area contributed by atoms with E-state index in [-0.39, 0.29) is 11.4 Å². The smallest absolute Gasteiger partial charge is 0.335 e. The van der Waals surface area contributed by atoms with Crippen LogP contribution in [0, 0.1) is 0 Å². The Kier molecular flexibility index (Phi) is 4.29. The first kappa shape index (κ1) is 14.1. The van der Waals surface area contributed by atoms with E-state index in [9.17, 15) is 4.79 Å². The maximum absolute atomic E-state index is 10.8. The van der Waals surface area contributed by atoms with Crippen LogP contribution in [0.2, 0.25) is 10.0 Å². The Balaban J connectivity index is 2.33. The van der Waals surface area contributed by atoms with Crippen molar-refractivity contribution in [3.8, 4) is 11.6 Å². The van der Waals surface area contributed by atoms with Crippen molar-refractivity contribution in [2.75, 3.05) is 0 Å². The topological polar surface area (TPSA) is 59.4 Å². The van der Waals surface area contributed by atoms with Gasteiger partial charge in [-0.25, -0.2) is 9.78 Å². The van der Waals surface area contributed by atoms with E-state index in [1.807, 2.05) is 0 Å². The van der Waals surface area contributed by atoms with Crippen molar-refractivity contribution in [2.45, 2.75) is 0 Å². The molecule has 0 spiro atoms. The molecule has 98 valence electrons. The van der Waals surface area contributed by atoms with Gasteiger partial charge in [0.05, 0.1) is 15.6 Å². The number of hydrogen-bond donors (Lipinski definition) is 1. The molecule has 19 heavy (non-hydrogen) atoms. The quantitative estimate of drug-likeness (QED) is 0.808. The third-order valence-corrected chi connectivity index (χ3v) is 3.66. The van der Waals surface area contributed by atoms with Gasteiger partial charge in [-0.05, 0) is 28.1 Å². The van der Waals surface area contributed by atoms with Gasteiger partial charge >= 0.3 is 5.97 Å². The van der Waals surface area contributed by atoms with Crippen LogP contribution in [0.5, 0.6) is 11.6 Å². The molecule has 1 aromatic heterocycles.